The van der Waals surface area contributed by atoms with Crippen LogP contribution < -0.4 is 0 Å². The molecule has 23 heavy (non-hydrogen) atoms. The highest BCUT2D eigenvalue weighted by molar-refractivity contribution is 5.68. The number of nitro benzene ring substituents is 1. The number of nitrogens with zero attached hydrogens (tertiary/aromatic N) is 1. The molecule has 0 fully saturated rings. The zero-order valence-corrected chi connectivity index (χ0v) is 14.2. The number of non-ortho nitro benzene ring substituents is 1. The molecule has 0 amide bonds. The van der Waals surface area contributed by atoms with Crippen LogP contribution in [0.2, 0.25) is 0 Å². The van der Waals surface area contributed by atoms with Gasteiger partial charge in [-0.3, -0.25) is 10.1 Å². The maximum atomic E-state index is 11.0. The van der Waals surface area contributed by atoms with Crippen LogP contribution in [0.3, 0.4) is 0 Å². The van der Waals surface area contributed by atoms with E-state index in [1.807, 2.05) is 6.07 Å². The Morgan fingerprint density at radius 2 is 1.48 bits per heavy atom. The second-order valence-corrected chi connectivity index (χ2v) is 7.84. The van der Waals surface area contributed by atoms with E-state index in [-0.39, 0.29) is 21.4 Å². The van der Waals surface area contributed by atoms with Crippen molar-refractivity contribution in [3.05, 3.63) is 63.7 Å². The molecule has 120 valence electrons. The topological polar surface area (TPSA) is 43.1 Å². The summed E-state index contributed by atoms with van der Waals surface area (Å²) in [5.41, 5.74) is 5.20. The molecule has 2 aromatic rings. The Bertz CT molecular complexity index is 775. The number of rotatable bonds is 2. The zero-order chi connectivity index (χ0) is 16.8. The van der Waals surface area contributed by atoms with Gasteiger partial charge in [-0.1, -0.05) is 58.0 Å². The largest absolute Gasteiger partial charge is 0.270 e. The van der Waals surface area contributed by atoms with Crippen molar-refractivity contribution in [1.29, 1.82) is 0 Å². The van der Waals surface area contributed by atoms with Crippen molar-refractivity contribution in [2.75, 3.05) is 0 Å². The Kier molecular flexibility index (Phi) is 3.55. The summed E-state index contributed by atoms with van der Waals surface area (Å²) >= 11 is 0. The van der Waals surface area contributed by atoms with Crippen LogP contribution in [0.15, 0.2) is 42.5 Å². The van der Waals surface area contributed by atoms with E-state index in [4.69, 9.17) is 0 Å². The van der Waals surface area contributed by atoms with Gasteiger partial charge in [0.15, 0.2) is 0 Å². The minimum Gasteiger partial charge on any atom is -0.258 e. The molecular weight excluding hydrogens is 286 g/mol. The van der Waals surface area contributed by atoms with Crippen molar-refractivity contribution in [1.82, 2.24) is 0 Å². The van der Waals surface area contributed by atoms with Crippen molar-refractivity contribution in [3.8, 4) is 11.1 Å². The Balaban J connectivity index is 2.14. The Morgan fingerprint density at radius 1 is 0.870 bits per heavy atom. The summed E-state index contributed by atoms with van der Waals surface area (Å²) in [5, 5.41) is 11.0. The van der Waals surface area contributed by atoms with Crippen molar-refractivity contribution < 1.29 is 4.92 Å². The molecule has 2 aromatic carbocycles. The fraction of sp³-hybridized carbons (Fsp3) is 0.400. The molecule has 0 N–H and O–H groups in total. The highest BCUT2D eigenvalue weighted by Crippen LogP contribution is 2.46. The first kappa shape index (κ1) is 15.7. The van der Waals surface area contributed by atoms with Gasteiger partial charge in [-0.25, -0.2) is 0 Å². The monoisotopic (exact) mass is 309 g/mol. The van der Waals surface area contributed by atoms with E-state index in [9.17, 15) is 10.1 Å². The van der Waals surface area contributed by atoms with Gasteiger partial charge in [0, 0.05) is 12.1 Å². The Hall–Kier alpha value is -2.16. The van der Waals surface area contributed by atoms with Crippen LogP contribution in [0.5, 0.6) is 0 Å². The van der Waals surface area contributed by atoms with Crippen molar-refractivity contribution in [3.63, 3.8) is 0 Å². The molecule has 3 heteroatoms. The molecule has 0 aromatic heterocycles. The van der Waals surface area contributed by atoms with Crippen LogP contribution >= 0.6 is 0 Å². The zero-order valence-electron chi connectivity index (χ0n) is 14.2. The van der Waals surface area contributed by atoms with Gasteiger partial charge in [0.2, 0.25) is 0 Å². The summed E-state index contributed by atoms with van der Waals surface area (Å²) in [6.07, 6.45) is 2.34. The third-order valence-corrected chi connectivity index (χ3v) is 5.24. The van der Waals surface area contributed by atoms with E-state index in [0.717, 1.165) is 17.5 Å². The smallest absolute Gasteiger partial charge is 0.258 e. The van der Waals surface area contributed by atoms with Crippen LogP contribution in [-0.2, 0) is 10.8 Å². The molecule has 0 bridgehead atoms. The first-order valence-corrected chi connectivity index (χ1v) is 8.11. The minimum absolute atomic E-state index is 0.139. The van der Waals surface area contributed by atoms with Gasteiger partial charge in [0.25, 0.3) is 5.69 Å². The quantitative estimate of drug-likeness (QED) is 0.534. The predicted molar refractivity (Wildman–Crippen MR) is 93.8 cm³/mol. The summed E-state index contributed by atoms with van der Waals surface area (Å²) in [4.78, 5) is 10.7. The van der Waals surface area contributed by atoms with Gasteiger partial charge in [-0.05, 0) is 45.9 Å². The molecule has 1 aliphatic rings. The number of benzene rings is 2. The molecule has 0 atom stereocenters. The van der Waals surface area contributed by atoms with Gasteiger partial charge in [0.1, 0.15) is 0 Å². The van der Waals surface area contributed by atoms with Gasteiger partial charge < -0.3 is 0 Å². The number of hydrogen-bond donors (Lipinski definition) is 0. The highest BCUT2D eigenvalue weighted by Gasteiger charge is 2.36. The first-order valence-electron chi connectivity index (χ1n) is 8.11. The van der Waals surface area contributed by atoms with E-state index < -0.39 is 0 Å². The average molecular weight is 309 g/mol. The minimum atomic E-state index is -0.338. The SMILES string of the molecule is CC1(C)CCC(C)(C)c2cc(-c3cccc([N+](=O)[O-])c3)ccc21. The number of fused-ring (bicyclic) bond motifs is 1. The third kappa shape index (κ3) is 2.76. The number of nitro groups is 1. The molecule has 0 heterocycles. The van der Waals surface area contributed by atoms with E-state index in [1.165, 1.54) is 23.6 Å². The van der Waals surface area contributed by atoms with Gasteiger partial charge >= 0.3 is 0 Å². The summed E-state index contributed by atoms with van der Waals surface area (Å²) in [5.74, 6) is 0. The fourth-order valence-electron chi connectivity index (χ4n) is 3.57. The molecule has 0 aliphatic heterocycles. The molecule has 0 saturated carbocycles. The standard InChI is InChI=1S/C20H23NO2/c1-19(2)10-11-20(3,4)18-13-15(8-9-17(18)19)14-6-5-7-16(12-14)21(22)23/h5-9,12-13H,10-11H2,1-4H3. The molecule has 0 radical (unpaired) electrons. The average Bonchev–Trinajstić information content (AvgIpc) is 2.52. The van der Waals surface area contributed by atoms with Crippen LogP contribution in [0.1, 0.15) is 51.7 Å². The molecule has 0 spiro atoms. The fourth-order valence-corrected chi connectivity index (χ4v) is 3.57. The summed E-state index contributed by atoms with van der Waals surface area (Å²) in [6, 6.07) is 13.4. The maximum absolute atomic E-state index is 11.0. The lowest BCUT2D eigenvalue weighted by Crippen LogP contribution is -2.33. The Morgan fingerprint density at radius 3 is 2.13 bits per heavy atom. The summed E-state index contributed by atoms with van der Waals surface area (Å²) in [6.45, 7) is 9.18. The molecule has 1 aliphatic carbocycles. The second kappa shape index (κ2) is 5.19. The summed E-state index contributed by atoms with van der Waals surface area (Å²) < 4.78 is 0. The van der Waals surface area contributed by atoms with E-state index in [1.54, 1.807) is 12.1 Å². The second-order valence-electron chi connectivity index (χ2n) is 7.84. The predicted octanol–water partition coefficient (Wildman–Crippen LogP) is 5.61. The van der Waals surface area contributed by atoms with Crippen molar-refractivity contribution >= 4 is 5.69 Å². The van der Waals surface area contributed by atoms with Crippen LogP contribution in [0.25, 0.3) is 11.1 Å². The van der Waals surface area contributed by atoms with Crippen LogP contribution in [-0.4, -0.2) is 4.92 Å². The molecule has 0 saturated heterocycles. The van der Waals surface area contributed by atoms with Gasteiger partial charge in [-0.2, -0.15) is 0 Å². The lowest BCUT2D eigenvalue weighted by molar-refractivity contribution is -0.384. The van der Waals surface area contributed by atoms with Crippen molar-refractivity contribution in [2.24, 2.45) is 0 Å². The summed E-state index contributed by atoms with van der Waals surface area (Å²) in [7, 11) is 0. The van der Waals surface area contributed by atoms with E-state index >= 15 is 0 Å². The van der Waals surface area contributed by atoms with Gasteiger partial charge in [0.05, 0.1) is 4.92 Å². The molecular formula is C20H23NO2. The Labute approximate surface area is 137 Å². The normalized spacial score (nSPS) is 18.3. The van der Waals surface area contributed by atoms with Crippen molar-refractivity contribution in [2.45, 2.75) is 51.4 Å². The first-order chi connectivity index (χ1) is 10.7. The van der Waals surface area contributed by atoms with E-state index in [0.29, 0.717) is 0 Å². The lowest BCUT2D eigenvalue weighted by Gasteiger charge is -2.42. The van der Waals surface area contributed by atoms with Crippen LogP contribution in [0, 0.1) is 10.1 Å². The maximum Gasteiger partial charge on any atom is 0.270 e. The van der Waals surface area contributed by atoms with E-state index in [2.05, 4.69) is 45.9 Å². The molecule has 3 nitrogen and oxygen atoms in total. The van der Waals surface area contributed by atoms with Crippen LogP contribution in [0.4, 0.5) is 5.69 Å². The molecule has 0 unspecified atom stereocenters. The highest BCUT2D eigenvalue weighted by atomic mass is 16.6. The lowest BCUT2D eigenvalue weighted by atomic mass is 9.63. The van der Waals surface area contributed by atoms with Gasteiger partial charge in [-0.15, -0.1) is 0 Å². The molecule has 3 rings (SSSR count). The third-order valence-electron chi connectivity index (χ3n) is 5.24. The number of hydrogen-bond acceptors (Lipinski definition) is 2.